The molecule has 19 heavy (non-hydrogen) atoms. The van der Waals surface area contributed by atoms with Gasteiger partial charge in [0.25, 0.3) is 0 Å². The maximum atomic E-state index is 12.2. The Morgan fingerprint density at radius 1 is 1.42 bits per heavy atom. The largest absolute Gasteiger partial charge is 0.398 e. The first-order chi connectivity index (χ1) is 8.88. The summed E-state index contributed by atoms with van der Waals surface area (Å²) in [5.74, 6) is 0. The van der Waals surface area contributed by atoms with Gasteiger partial charge in [0.1, 0.15) is 0 Å². The summed E-state index contributed by atoms with van der Waals surface area (Å²) in [5.41, 5.74) is 7.16. The quantitative estimate of drug-likeness (QED) is 0.817. The summed E-state index contributed by atoms with van der Waals surface area (Å²) in [6, 6.07) is 4.85. The van der Waals surface area contributed by atoms with Gasteiger partial charge in [0.15, 0.2) is 0 Å². The van der Waals surface area contributed by atoms with Crippen molar-refractivity contribution >= 4 is 27.5 Å². The van der Waals surface area contributed by atoms with E-state index in [1.165, 1.54) is 12.5 Å². The van der Waals surface area contributed by atoms with Crippen molar-refractivity contribution in [1.82, 2.24) is 4.72 Å². The number of rotatable bonds is 5. The van der Waals surface area contributed by atoms with Gasteiger partial charge in [0.05, 0.1) is 4.90 Å². The minimum absolute atomic E-state index is 0.0866. The Morgan fingerprint density at radius 2 is 2.11 bits per heavy atom. The van der Waals surface area contributed by atoms with E-state index in [0.717, 1.165) is 18.4 Å². The molecule has 0 atom stereocenters. The molecule has 1 aliphatic rings. The Labute approximate surface area is 119 Å². The number of thioether (sulfide) groups is 1. The molecule has 2 rings (SSSR count). The fraction of sp³-hybridized carbons (Fsp3) is 0.538. The van der Waals surface area contributed by atoms with Crippen molar-refractivity contribution in [2.24, 2.45) is 0 Å². The summed E-state index contributed by atoms with van der Waals surface area (Å²) in [6.45, 7) is 2.35. The third kappa shape index (κ3) is 3.07. The van der Waals surface area contributed by atoms with Crippen LogP contribution in [0.4, 0.5) is 5.69 Å². The molecule has 1 aliphatic carbocycles. The summed E-state index contributed by atoms with van der Waals surface area (Å²) in [4.78, 5) is 0.242. The Kier molecular flexibility index (Phi) is 4.13. The van der Waals surface area contributed by atoms with Crippen molar-refractivity contribution in [3.8, 4) is 0 Å². The lowest BCUT2D eigenvalue weighted by Gasteiger charge is -2.40. The van der Waals surface area contributed by atoms with Gasteiger partial charge >= 0.3 is 0 Å². The lowest BCUT2D eigenvalue weighted by atomic mass is 9.84. The zero-order valence-electron chi connectivity index (χ0n) is 11.3. The van der Waals surface area contributed by atoms with Crippen LogP contribution in [0.1, 0.15) is 24.8 Å². The van der Waals surface area contributed by atoms with Crippen molar-refractivity contribution in [2.75, 3.05) is 18.5 Å². The molecule has 1 aromatic carbocycles. The monoisotopic (exact) mass is 300 g/mol. The molecular formula is C13H20N2O2S2. The zero-order valence-corrected chi connectivity index (χ0v) is 12.9. The van der Waals surface area contributed by atoms with Crippen LogP contribution >= 0.6 is 11.8 Å². The van der Waals surface area contributed by atoms with Gasteiger partial charge in [-0.3, -0.25) is 0 Å². The first kappa shape index (κ1) is 14.7. The maximum Gasteiger partial charge on any atom is 0.240 e. The van der Waals surface area contributed by atoms with Crippen LogP contribution in [0, 0.1) is 6.92 Å². The van der Waals surface area contributed by atoms with Crippen LogP contribution < -0.4 is 10.5 Å². The van der Waals surface area contributed by atoms with Gasteiger partial charge in [-0.05, 0) is 43.7 Å². The fourth-order valence-corrected chi connectivity index (χ4v) is 4.29. The van der Waals surface area contributed by atoms with Gasteiger partial charge in [0, 0.05) is 17.0 Å². The molecule has 1 fully saturated rings. The predicted octanol–water partition coefficient (Wildman–Crippen LogP) is 2.14. The van der Waals surface area contributed by atoms with Crippen LogP contribution in [0.5, 0.6) is 0 Å². The number of benzene rings is 1. The number of nitrogen functional groups attached to an aromatic ring is 1. The molecule has 6 heteroatoms. The van der Waals surface area contributed by atoms with Gasteiger partial charge in [-0.25, -0.2) is 13.1 Å². The number of anilines is 1. The molecule has 3 N–H and O–H groups in total. The summed E-state index contributed by atoms with van der Waals surface area (Å²) < 4.78 is 27.2. The molecule has 1 aromatic rings. The summed E-state index contributed by atoms with van der Waals surface area (Å²) in [6.07, 6.45) is 5.37. The second-order valence-corrected chi connectivity index (χ2v) is 8.12. The molecule has 0 aliphatic heterocycles. The molecule has 0 bridgehead atoms. The van der Waals surface area contributed by atoms with Gasteiger partial charge in [-0.15, -0.1) is 0 Å². The highest BCUT2D eigenvalue weighted by Crippen LogP contribution is 2.42. The normalized spacial score (nSPS) is 18.0. The Balaban J connectivity index is 2.11. The summed E-state index contributed by atoms with van der Waals surface area (Å²) in [5, 5.41) is 0. The minimum atomic E-state index is -3.46. The molecule has 0 unspecified atom stereocenters. The van der Waals surface area contributed by atoms with Crippen molar-refractivity contribution < 1.29 is 8.42 Å². The number of hydrogen-bond donors (Lipinski definition) is 2. The van der Waals surface area contributed by atoms with E-state index in [-0.39, 0.29) is 9.64 Å². The molecule has 0 saturated heterocycles. The SMILES string of the molecule is CSC1(CNS(=O)(=O)c2ccc(C)c(N)c2)CCC1. The second kappa shape index (κ2) is 5.34. The molecule has 1 saturated carbocycles. The first-order valence-electron chi connectivity index (χ1n) is 6.29. The molecule has 4 nitrogen and oxygen atoms in total. The average molecular weight is 300 g/mol. The van der Waals surface area contributed by atoms with E-state index >= 15 is 0 Å². The van der Waals surface area contributed by atoms with Crippen molar-refractivity contribution in [3.05, 3.63) is 23.8 Å². The molecule has 0 amide bonds. The number of nitrogens with two attached hydrogens (primary N) is 1. The average Bonchev–Trinajstić information content (AvgIpc) is 2.31. The van der Waals surface area contributed by atoms with E-state index in [1.54, 1.807) is 23.9 Å². The predicted molar refractivity (Wildman–Crippen MR) is 80.9 cm³/mol. The minimum Gasteiger partial charge on any atom is -0.398 e. The highest BCUT2D eigenvalue weighted by Gasteiger charge is 2.37. The second-order valence-electron chi connectivity index (χ2n) is 5.08. The first-order valence-corrected chi connectivity index (χ1v) is 9.00. The van der Waals surface area contributed by atoms with Crippen molar-refractivity contribution in [1.29, 1.82) is 0 Å². The van der Waals surface area contributed by atoms with Gasteiger partial charge in [-0.2, -0.15) is 11.8 Å². The topological polar surface area (TPSA) is 72.2 Å². The Bertz CT molecular complexity index is 560. The van der Waals surface area contributed by atoms with Gasteiger partial charge < -0.3 is 5.73 Å². The molecule has 0 spiro atoms. The lowest BCUT2D eigenvalue weighted by Crippen LogP contribution is -2.45. The smallest absolute Gasteiger partial charge is 0.240 e. The lowest BCUT2D eigenvalue weighted by molar-refractivity contribution is 0.362. The number of nitrogens with one attached hydrogen (secondary N) is 1. The van der Waals surface area contributed by atoms with Crippen LogP contribution in [0.25, 0.3) is 0 Å². The third-order valence-electron chi connectivity index (χ3n) is 3.84. The number of sulfonamides is 1. The van der Waals surface area contributed by atoms with Crippen LogP contribution in [0.2, 0.25) is 0 Å². The van der Waals surface area contributed by atoms with Gasteiger partial charge in [0.2, 0.25) is 10.0 Å². The van der Waals surface area contributed by atoms with Crippen LogP contribution in [0.15, 0.2) is 23.1 Å². The van der Waals surface area contributed by atoms with E-state index in [0.29, 0.717) is 12.2 Å². The maximum absolute atomic E-state index is 12.2. The Hall–Kier alpha value is -0.720. The summed E-state index contributed by atoms with van der Waals surface area (Å²) in [7, 11) is -3.46. The molecule has 0 radical (unpaired) electrons. The third-order valence-corrected chi connectivity index (χ3v) is 6.66. The molecule has 106 valence electrons. The molecule has 0 aromatic heterocycles. The van der Waals surface area contributed by atoms with E-state index in [2.05, 4.69) is 4.72 Å². The van der Waals surface area contributed by atoms with E-state index < -0.39 is 10.0 Å². The highest BCUT2D eigenvalue weighted by molar-refractivity contribution is 8.00. The van der Waals surface area contributed by atoms with Crippen molar-refractivity contribution in [2.45, 2.75) is 35.8 Å². The van der Waals surface area contributed by atoms with Crippen LogP contribution in [-0.2, 0) is 10.0 Å². The van der Waals surface area contributed by atoms with E-state index in [1.807, 2.05) is 13.2 Å². The zero-order chi connectivity index (χ0) is 14.1. The number of aryl methyl sites for hydroxylation is 1. The van der Waals surface area contributed by atoms with Crippen LogP contribution in [-0.4, -0.2) is 26.0 Å². The Morgan fingerprint density at radius 3 is 2.58 bits per heavy atom. The number of hydrogen-bond acceptors (Lipinski definition) is 4. The molecule has 0 heterocycles. The standard InChI is InChI=1S/C13H20N2O2S2/c1-10-4-5-11(8-12(10)14)19(16,17)15-9-13(18-2)6-3-7-13/h4-5,8,15H,3,6-7,9,14H2,1-2H3. The van der Waals surface area contributed by atoms with Crippen molar-refractivity contribution in [3.63, 3.8) is 0 Å². The van der Waals surface area contributed by atoms with E-state index in [4.69, 9.17) is 5.73 Å². The van der Waals surface area contributed by atoms with E-state index in [9.17, 15) is 8.42 Å². The van der Waals surface area contributed by atoms with Crippen LogP contribution in [0.3, 0.4) is 0 Å². The summed E-state index contributed by atoms with van der Waals surface area (Å²) >= 11 is 1.75. The highest BCUT2D eigenvalue weighted by atomic mass is 32.2. The molecular weight excluding hydrogens is 280 g/mol. The fourth-order valence-electron chi connectivity index (χ4n) is 2.12. The van der Waals surface area contributed by atoms with Gasteiger partial charge in [-0.1, -0.05) is 12.5 Å².